The van der Waals surface area contributed by atoms with Crippen LogP contribution in [-0.4, -0.2) is 104 Å². The predicted octanol–water partition coefficient (Wildman–Crippen LogP) is 4.44. The van der Waals surface area contributed by atoms with E-state index in [1.54, 1.807) is 0 Å². The van der Waals surface area contributed by atoms with Crippen molar-refractivity contribution in [3.05, 3.63) is 47.5 Å². The van der Waals surface area contributed by atoms with Crippen LogP contribution in [-0.2, 0) is 25.6 Å². The molecule has 5 aliphatic carbocycles. The molecule has 5 fully saturated rings. The molecular formula is C44H66O11. The normalized spacial score (nSPS) is 50.8. The van der Waals surface area contributed by atoms with Crippen molar-refractivity contribution < 1.29 is 54.8 Å². The summed E-state index contributed by atoms with van der Waals surface area (Å²) < 4.78 is 19.3. The van der Waals surface area contributed by atoms with Gasteiger partial charge in [-0.2, -0.15) is 0 Å². The van der Waals surface area contributed by atoms with Crippen LogP contribution >= 0.6 is 0 Å². The number of allylic oxidation sites excluding steroid dienone is 2. The first-order chi connectivity index (χ1) is 25.9. The summed E-state index contributed by atoms with van der Waals surface area (Å²) in [5.74, 6) is -1.27. The minimum Gasteiger partial charge on any atom is -0.481 e. The summed E-state index contributed by atoms with van der Waals surface area (Å²) in [5.41, 5.74) is -1.69. The lowest BCUT2D eigenvalue weighted by Gasteiger charge is -2.73. The van der Waals surface area contributed by atoms with Gasteiger partial charge in [-0.25, -0.2) is 0 Å². The average Bonchev–Trinajstić information content (AvgIpc) is 3.15. The Morgan fingerprint density at radius 2 is 1.62 bits per heavy atom. The second kappa shape index (κ2) is 14.4. The topological polar surface area (TPSA) is 186 Å². The second-order valence-corrected chi connectivity index (χ2v) is 19.8. The van der Waals surface area contributed by atoms with Crippen LogP contribution in [0.15, 0.2) is 42.0 Å². The van der Waals surface area contributed by atoms with Crippen molar-refractivity contribution in [2.75, 3.05) is 19.8 Å². The lowest BCUT2D eigenvalue weighted by molar-refractivity contribution is -0.333. The summed E-state index contributed by atoms with van der Waals surface area (Å²) in [7, 11) is 0. The van der Waals surface area contributed by atoms with E-state index in [0.29, 0.717) is 32.3 Å². The van der Waals surface area contributed by atoms with Crippen LogP contribution in [0, 0.1) is 56.2 Å². The third-order valence-corrected chi connectivity index (χ3v) is 17.1. The van der Waals surface area contributed by atoms with E-state index in [0.717, 1.165) is 30.4 Å². The molecule has 7 rings (SSSR count). The second-order valence-electron chi connectivity index (χ2n) is 19.8. The molecule has 1 saturated heterocycles. The highest BCUT2D eigenvalue weighted by Gasteiger charge is 2.74. The van der Waals surface area contributed by atoms with Gasteiger partial charge in [0.1, 0.15) is 23.7 Å². The highest BCUT2D eigenvalue weighted by atomic mass is 16.7. The number of aliphatic hydroxyl groups is 6. The van der Waals surface area contributed by atoms with Gasteiger partial charge in [0.2, 0.25) is 0 Å². The molecule has 308 valence electrons. The lowest BCUT2D eigenvalue weighted by atomic mass is 9.31. The van der Waals surface area contributed by atoms with E-state index in [-0.39, 0.29) is 54.8 Å². The average molecular weight is 771 g/mol. The summed E-state index contributed by atoms with van der Waals surface area (Å²) in [5, 5.41) is 76.6. The molecule has 1 aromatic carbocycles. The minimum atomic E-state index is -1.49. The number of hydrogen-bond acceptors (Lipinski definition) is 10. The van der Waals surface area contributed by atoms with Gasteiger partial charge in [0.15, 0.2) is 6.29 Å². The summed E-state index contributed by atoms with van der Waals surface area (Å²) in [6, 6.07) is 9.88. The van der Waals surface area contributed by atoms with Gasteiger partial charge in [-0.05, 0) is 95.8 Å². The molecule has 4 saturated carbocycles. The van der Waals surface area contributed by atoms with Crippen molar-refractivity contribution in [2.24, 2.45) is 56.2 Å². The van der Waals surface area contributed by atoms with Gasteiger partial charge in [0.25, 0.3) is 0 Å². The third-order valence-electron chi connectivity index (χ3n) is 17.1. The molecular weight excluding hydrogens is 704 g/mol. The number of rotatable bonds is 9. The van der Waals surface area contributed by atoms with Crippen LogP contribution in [0.2, 0.25) is 0 Å². The Bertz CT molecular complexity index is 1600. The van der Waals surface area contributed by atoms with E-state index in [9.17, 15) is 40.5 Å². The number of aliphatic hydroxyl groups excluding tert-OH is 6. The molecule has 7 N–H and O–H groups in total. The van der Waals surface area contributed by atoms with E-state index in [1.165, 1.54) is 0 Å². The van der Waals surface area contributed by atoms with Crippen molar-refractivity contribution in [1.82, 2.24) is 0 Å². The number of hydrogen-bond donors (Lipinski definition) is 7. The molecule has 11 heteroatoms. The minimum absolute atomic E-state index is 0.00655. The van der Waals surface area contributed by atoms with Crippen LogP contribution in [0.3, 0.4) is 0 Å². The molecule has 6 aliphatic rings. The van der Waals surface area contributed by atoms with Gasteiger partial charge in [0.05, 0.1) is 38.1 Å². The molecule has 1 heterocycles. The first kappa shape index (κ1) is 41.2. The molecule has 55 heavy (non-hydrogen) atoms. The Morgan fingerprint density at radius 1 is 0.909 bits per heavy atom. The smallest absolute Gasteiger partial charge is 0.312 e. The Balaban J connectivity index is 1.31. The van der Waals surface area contributed by atoms with Crippen molar-refractivity contribution in [1.29, 1.82) is 0 Å². The van der Waals surface area contributed by atoms with E-state index < -0.39 is 76.5 Å². The largest absolute Gasteiger partial charge is 0.481 e. The molecule has 0 amide bonds. The maximum atomic E-state index is 13.4. The van der Waals surface area contributed by atoms with Gasteiger partial charge in [-0.1, -0.05) is 89.9 Å². The zero-order valence-electron chi connectivity index (χ0n) is 33.6. The van der Waals surface area contributed by atoms with Crippen molar-refractivity contribution in [3.63, 3.8) is 0 Å². The fourth-order valence-corrected chi connectivity index (χ4v) is 14.0. The van der Waals surface area contributed by atoms with E-state index in [4.69, 9.17) is 14.2 Å². The van der Waals surface area contributed by atoms with Gasteiger partial charge < -0.3 is 50.0 Å². The number of benzene rings is 1. The van der Waals surface area contributed by atoms with Crippen LogP contribution in [0.1, 0.15) is 98.5 Å². The maximum Gasteiger partial charge on any atom is 0.312 e. The SMILES string of the molecule is CCC1CC2(C(=O)O)C(O)CC(C)(CO)CC2C2=CCC3C4(C)CC(OCc5ccccc5)C(OC5OCC(O)C(O)C5O)C(C)(CO)C4CCC3(C)C21C. The molecule has 1 aliphatic heterocycles. The van der Waals surface area contributed by atoms with Crippen LogP contribution < -0.4 is 0 Å². The predicted molar refractivity (Wildman–Crippen MR) is 203 cm³/mol. The molecule has 1 aromatic rings. The molecule has 11 nitrogen and oxygen atoms in total. The summed E-state index contributed by atoms with van der Waals surface area (Å²) >= 11 is 0. The quantitative estimate of drug-likeness (QED) is 0.139. The number of carboxylic acid groups (broad SMARTS) is 1. The van der Waals surface area contributed by atoms with Gasteiger partial charge in [0, 0.05) is 12.0 Å². The lowest BCUT2D eigenvalue weighted by Crippen LogP contribution is -2.71. The highest BCUT2D eigenvalue weighted by Crippen LogP contribution is 2.77. The van der Waals surface area contributed by atoms with Crippen LogP contribution in [0.4, 0.5) is 0 Å². The number of ether oxygens (including phenoxy) is 3. The van der Waals surface area contributed by atoms with E-state index in [1.807, 2.05) is 44.2 Å². The molecule has 0 radical (unpaired) electrons. The third kappa shape index (κ3) is 5.95. The van der Waals surface area contributed by atoms with Gasteiger partial charge >= 0.3 is 5.97 Å². The van der Waals surface area contributed by atoms with Crippen LogP contribution in [0.5, 0.6) is 0 Å². The van der Waals surface area contributed by atoms with E-state index in [2.05, 4.69) is 33.8 Å². The first-order valence-electron chi connectivity index (χ1n) is 20.7. The molecule has 17 atom stereocenters. The van der Waals surface area contributed by atoms with Crippen LogP contribution in [0.25, 0.3) is 0 Å². The maximum absolute atomic E-state index is 13.4. The Kier molecular flexibility index (Phi) is 10.8. The van der Waals surface area contributed by atoms with Crippen molar-refractivity contribution >= 4 is 5.97 Å². The van der Waals surface area contributed by atoms with Gasteiger partial charge in [-0.3, -0.25) is 4.79 Å². The summed E-state index contributed by atoms with van der Waals surface area (Å²) in [4.78, 5) is 13.4. The van der Waals surface area contributed by atoms with Gasteiger partial charge in [-0.15, -0.1) is 0 Å². The fraction of sp³-hybridized carbons (Fsp3) is 0.795. The number of fused-ring (bicyclic) bond motifs is 7. The number of carboxylic acids is 1. The fourth-order valence-electron chi connectivity index (χ4n) is 14.0. The zero-order valence-corrected chi connectivity index (χ0v) is 33.6. The monoisotopic (exact) mass is 770 g/mol. The summed E-state index contributed by atoms with van der Waals surface area (Å²) in [6.07, 6.45) is -0.627. The first-order valence-corrected chi connectivity index (χ1v) is 20.7. The van der Waals surface area contributed by atoms with Crippen molar-refractivity contribution in [2.45, 2.75) is 142 Å². The molecule has 0 bridgehead atoms. The zero-order chi connectivity index (χ0) is 39.9. The number of aliphatic carboxylic acids is 1. The van der Waals surface area contributed by atoms with E-state index >= 15 is 0 Å². The highest BCUT2D eigenvalue weighted by molar-refractivity contribution is 5.78. The standard InChI is InChI=1S/C44H66O11/c1-7-26-17-44(38(51)52)28(18-39(2,23-45)20-33(44)48)27-13-14-32-40(3)19-30(53-21-25-11-9-8-10-12-25)36(55-37-35(50)34(49)29(47)22-54-37)41(4,24-46)31(40)15-16-42(32,5)43(26,27)6/h8-13,26,28-37,45-50H,7,14-24H2,1-6H3,(H,51,52). The molecule has 17 unspecified atom stereocenters. The number of carbonyl (C=O) groups is 1. The Morgan fingerprint density at radius 3 is 2.25 bits per heavy atom. The molecule has 0 spiro atoms. The Labute approximate surface area is 326 Å². The Hall–Kier alpha value is -1.93. The summed E-state index contributed by atoms with van der Waals surface area (Å²) in [6.45, 7) is 13.0. The molecule has 0 aromatic heterocycles. The van der Waals surface area contributed by atoms with Crippen molar-refractivity contribution in [3.8, 4) is 0 Å².